The Kier molecular flexibility index (Phi) is 2.28. The van der Waals surface area contributed by atoms with Gasteiger partial charge in [-0.1, -0.05) is 0 Å². The molecule has 0 spiro atoms. The molecule has 74 valence electrons. The zero-order chi connectivity index (χ0) is 9.42. The molecular formula is C10H16O3. The molecule has 13 heavy (non-hydrogen) atoms. The highest BCUT2D eigenvalue weighted by atomic mass is 16.5. The van der Waals surface area contributed by atoms with E-state index >= 15 is 0 Å². The van der Waals surface area contributed by atoms with Gasteiger partial charge in [0.1, 0.15) is 0 Å². The van der Waals surface area contributed by atoms with Crippen molar-refractivity contribution in [2.75, 3.05) is 7.11 Å². The van der Waals surface area contributed by atoms with Crippen LogP contribution in [0, 0.1) is 17.8 Å². The molecule has 0 saturated heterocycles. The van der Waals surface area contributed by atoms with Crippen molar-refractivity contribution in [1.29, 1.82) is 0 Å². The van der Waals surface area contributed by atoms with Gasteiger partial charge in [-0.05, 0) is 37.5 Å². The molecule has 0 heterocycles. The van der Waals surface area contributed by atoms with Crippen LogP contribution in [-0.2, 0) is 9.53 Å². The molecule has 0 unspecified atom stereocenters. The Morgan fingerprint density at radius 3 is 2.54 bits per heavy atom. The maximum Gasteiger partial charge on any atom is 0.306 e. The van der Waals surface area contributed by atoms with Gasteiger partial charge in [0.15, 0.2) is 0 Å². The van der Waals surface area contributed by atoms with Gasteiger partial charge >= 0.3 is 5.97 Å². The summed E-state index contributed by atoms with van der Waals surface area (Å²) in [6.07, 6.45) is 4.31. The number of hydrogen-bond donors (Lipinski definition) is 1. The van der Waals surface area contributed by atoms with E-state index < -0.39 is 5.97 Å². The molecule has 2 saturated carbocycles. The maximum absolute atomic E-state index is 10.9. The van der Waals surface area contributed by atoms with E-state index in [0.29, 0.717) is 17.9 Å². The molecule has 3 nitrogen and oxygen atoms in total. The lowest BCUT2D eigenvalue weighted by Crippen LogP contribution is -2.22. The number of rotatable bonds is 2. The Bertz CT molecular complexity index is 214. The van der Waals surface area contributed by atoms with Gasteiger partial charge in [-0.2, -0.15) is 0 Å². The van der Waals surface area contributed by atoms with E-state index in [1.54, 1.807) is 7.11 Å². The van der Waals surface area contributed by atoms with E-state index in [9.17, 15) is 4.79 Å². The first kappa shape index (κ1) is 9.00. The van der Waals surface area contributed by atoms with Crippen molar-refractivity contribution in [3.63, 3.8) is 0 Å². The van der Waals surface area contributed by atoms with Crippen molar-refractivity contribution in [3.05, 3.63) is 0 Å². The number of ether oxygens (including phenoxy) is 1. The van der Waals surface area contributed by atoms with Crippen molar-refractivity contribution in [2.45, 2.75) is 31.8 Å². The summed E-state index contributed by atoms with van der Waals surface area (Å²) in [4.78, 5) is 10.9. The van der Waals surface area contributed by atoms with E-state index in [1.807, 2.05) is 0 Å². The number of methoxy groups -OCH3 is 1. The van der Waals surface area contributed by atoms with E-state index in [0.717, 1.165) is 25.7 Å². The van der Waals surface area contributed by atoms with Crippen LogP contribution in [-0.4, -0.2) is 24.3 Å². The van der Waals surface area contributed by atoms with Gasteiger partial charge in [0.2, 0.25) is 0 Å². The van der Waals surface area contributed by atoms with Crippen LogP contribution >= 0.6 is 0 Å². The molecular weight excluding hydrogens is 168 g/mol. The second-order valence-corrected chi connectivity index (χ2v) is 4.20. The van der Waals surface area contributed by atoms with Crippen LogP contribution in [0.5, 0.6) is 0 Å². The Balaban J connectivity index is 2.07. The molecule has 4 atom stereocenters. The predicted molar refractivity (Wildman–Crippen MR) is 47.4 cm³/mol. The minimum atomic E-state index is -0.607. The molecule has 0 aromatic heterocycles. The van der Waals surface area contributed by atoms with E-state index in [-0.39, 0.29) is 5.92 Å². The molecule has 0 amide bonds. The summed E-state index contributed by atoms with van der Waals surface area (Å²) in [5.41, 5.74) is 0. The lowest BCUT2D eigenvalue weighted by Gasteiger charge is -2.17. The third-order valence-corrected chi connectivity index (χ3v) is 3.76. The third kappa shape index (κ3) is 1.35. The van der Waals surface area contributed by atoms with Crippen LogP contribution in [0.25, 0.3) is 0 Å². The predicted octanol–water partition coefficient (Wildman–Crippen LogP) is 1.52. The molecule has 2 rings (SSSR count). The van der Waals surface area contributed by atoms with Crippen LogP contribution in [0.3, 0.4) is 0 Å². The highest BCUT2D eigenvalue weighted by molar-refractivity contribution is 5.70. The molecule has 2 fully saturated rings. The van der Waals surface area contributed by atoms with Crippen molar-refractivity contribution in [3.8, 4) is 0 Å². The van der Waals surface area contributed by atoms with Crippen LogP contribution in [0.2, 0.25) is 0 Å². The summed E-state index contributed by atoms with van der Waals surface area (Å²) in [7, 11) is 1.74. The number of aliphatic carboxylic acids is 1. The normalized spacial score (nSPS) is 43.5. The molecule has 2 aliphatic carbocycles. The lowest BCUT2D eigenvalue weighted by atomic mass is 9.92. The Morgan fingerprint density at radius 1 is 1.23 bits per heavy atom. The van der Waals surface area contributed by atoms with Crippen molar-refractivity contribution >= 4 is 5.97 Å². The second-order valence-electron chi connectivity index (χ2n) is 4.20. The number of hydrogen-bond acceptors (Lipinski definition) is 2. The Labute approximate surface area is 78.1 Å². The van der Waals surface area contributed by atoms with Gasteiger partial charge in [0.05, 0.1) is 12.0 Å². The number of fused-ring (bicyclic) bond motifs is 1. The third-order valence-electron chi connectivity index (χ3n) is 3.76. The van der Waals surface area contributed by atoms with Crippen LogP contribution in [0.4, 0.5) is 0 Å². The van der Waals surface area contributed by atoms with Gasteiger partial charge in [-0.3, -0.25) is 4.79 Å². The molecule has 2 aliphatic rings. The zero-order valence-corrected chi connectivity index (χ0v) is 7.90. The average Bonchev–Trinajstić information content (AvgIpc) is 2.61. The van der Waals surface area contributed by atoms with Crippen LogP contribution in [0.1, 0.15) is 25.7 Å². The molecule has 0 aliphatic heterocycles. The Morgan fingerprint density at radius 2 is 1.92 bits per heavy atom. The van der Waals surface area contributed by atoms with Crippen LogP contribution in [0.15, 0.2) is 0 Å². The topological polar surface area (TPSA) is 46.5 Å². The van der Waals surface area contributed by atoms with Crippen molar-refractivity contribution in [2.24, 2.45) is 17.8 Å². The molecule has 0 radical (unpaired) electrons. The van der Waals surface area contributed by atoms with Crippen molar-refractivity contribution < 1.29 is 14.6 Å². The highest BCUT2D eigenvalue weighted by Crippen LogP contribution is 2.48. The summed E-state index contributed by atoms with van der Waals surface area (Å²) in [5.74, 6) is 0.211. The number of carbonyl (C=O) groups is 1. The molecule has 1 N–H and O–H groups in total. The zero-order valence-electron chi connectivity index (χ0n) is 7.90. The standard InChI is InChI=1S/C10H16O3/c1-13-9-5-4-6-7(9)2-3-8(6)10(11)12/h6-9H,2-5H2,1H3,(H,11,12)/t6-,7-,8+,9-/m0/s1. The van der Waals surface area contributed by atoms with Crippen molar-refractivity contribution in [1.82, 2.24) is 0 Å². The fourth-order valence-corrected chi connectivity index (χ4v) is 3.15. The first-order valence-electron chi connectivity index (χ1n) is 4.99. The SMILES string of the molecule is CO[C@H]1CC[C@H]2[C@@H]1CC[C@H]2C(=O)O. The molecule has 0 aromatic carbocycles. The summed E-state index contributed by atoms with van der Waals surface area (Å²) >= 11 is 0. The van der Waals surface area contributed by atoms with E-state index in [1.165, 1.54) is 0 Å². The number of carboxylic acid groups (broad SMARTS) is 1. The fraction of sp³-hybridized carbons (Fsp3) is 0.900. The molecule has 3 heteroatoms. The smallest absolute Gasteiger partial charge is 0.306 e. The minimum Gasteiger partial charge on any atom is -0.481 e. The first-order chi connectivity index (χ1) is 6.24. The first-order valence-corrected chi connectivity index (χ1v) is 4.99. The largest absolute Gasteiger partial charge is 0.481 e. The van der Waals surface area contributed by atoms with E-state index in [2.05, 4.69) is 0 Å². The minimum absolute atomic E-state index is 0.0925. The summed E-state index contributed by atoms with van der Waals surface area (Å²) in [6, 6.07) is 0. The lowest BCUT2D eigenvalue weighted by molar-refractivity contribution is -0.143. The maximum atomic E-state index is 10.9. The average molecular weight is 184 g/mol. The summed E-state index contributed by atoms with van der Waals surface area (Å²) < 4.78 is 5.36. The quantitative estimate of drug-likeness (QED) is 0.707. The highest BCUT2D eigenvalue weighted by Gasteiger charge is 2.47. The number of carboxylic acids is 1. The van der Waals surface area contributed by atoms with Gasteiger partial charge in [-0.15, -0.1) is 0 Å². The fourth-order valence-electron chi connectivity index (χ4n) is 3.15. The summed E-state index contributed by atoms with van der Waals surface area (Å²) in [6.45, 7) is 0. The monoisotopic (exact) mass is 184 g/mol. The molecule has 0 bridgehead atoms. The van der Waals surface area contributed by atoms with E-state index in [4.69, 9.17) is 9.84 Å². The second kappa shape index (κ2) is 3.29. The van der Waals surface area contributed by atoms with Gasteiger partial charge in [-0.25, -0.2) is 0 Å². The van der Waals surface area contributed by atoms with Gasteiger partial charge in [0, 0.05) is 7.11 Å². The Hall–Kier alpha value is -0.570. The van der Waals surface area contributed by atoms with Crippen LogP contribution < -0.4 is 0 Å². The van der Waals surface area contributed by atoms with Gasteiger partial charge < -0.3 is 9.84 Å². The van der Waals surface area contributed by atoms with Gasteiger partial charge in [0.25, 0.3) is 0 Å². The summed E-state index contributed by atoms with van der Waals surface area (Å²) in [5, 5.41) is 8.98. The molecule has 0 aromatic rings.